The van der Waals surface area contributed by atoms with Gasteiger partial charge in [-0.15, -0.1) is 10.2 Å². The van der Waals surface area contributed by atoms with Crippen molar-refractivity contribution in [3.8, 4) is 0 Å². The van der Waals surface area contributed by atoms with Gasteiger partial charge in [-0.2, -0.15) is 0 Å². The van der Waals surface area contributed by atoms with Gasteiger partial charge in [0.1, 0.15) is 0 Å². The molecule has 0 atom stereocenters. The standard InChI is InChI=1S/C13H11Cl2N3O3S2/c1-2-21-10(19)6-22-13-18-17-12(23-13)16-11(20)8-5-7(14)3-4-9(8)15/h3-5H,2,6H2,1H3,(H,16,17,20). The van der Waals surface area contributed by atoms with Crippen molar-refractivity contribution in [1.82, 2.24) is 10.2 Å². The van der Waals surface area contributed by atoms with Crippen LogP contribution < -0.4 is 5.32 Å². The molecule has 0 aliphatic carbocycles. The number of ether oxygens (including phenoxy) is 1. The molecule has 1 heterocycles. The molecule has 0 fully saturated rings. The van der Waals surface area contributed by atoms with Crippen LogP contribution in [-0.2, 0) is 9.53 Å². The van der Waals surface area contributed by atoms with Crippen molar-refractivity contribution in [2.75, 3.05) is 17.7 Å². The molecule has 10 heteroatoms. The lowest BCUT2D eigenvalue weighted by Gasteiger charge is -2.03. The Morgan fingerprint density at radius 1 is 1.35 bits per heavy atom. The highest BCUT2D eigenvalue weighted by atomic mass is 35.5. The Labute approximate surface area is 150 Å². The zero-order valence-corrected chi connectivity index (χ0v) is 15.0. The third-order valence-corrected chi connectivity index (χ3v) is 4.93. The van der Waals surface area contributed by atoms with Gasteiger partial charge < -0.3 is 4.74 Å². The highest BCUT2D eigenvalue weighted by Gasteiger charge is 2.14. The number of carbonyl (C=O) groups excluding carboxylic acids is 2. The maximum atomic E-state index is 12.2. The van der Waals surface area contributed by atoms with Gasteiger partial charge in [0.15, 0.2) is 4.34 Å². The van der Waals surface area contributed by atoms with Crippen molar-refractivity contribution in [2.45, 2.75) is 11.3 Å². The lowest BCUT2D eigenvalue weighted by molar-refractivity contribution is -0.139. The minimum absolute atomic E-state index is 0.135. The summed E-state index contributed by atoms with van der Waals surface area (Å²) in [6.07, 6.45) is 0. The summed E-state index contributed by atoms with van der Waals surface area (Å²) >= 11 is 14.2. The highest BCUT2D eigenvalue weighted by Crippen LogP contribution is 2.27. The number of thioether (sulfide) groups is 1. The van der Waals surface area contributed by atoms with E-state index >= 15 is 0 Å². The molecule has 0 radical (unpaired) electrons. The van der Waals surface area contributed by atoms with E-state index < -0.39 is 5.91 Å². The highest BCUT2D eigenvalue weighted by molar-refractivity contribution is 8.01. The summed E-state index contributed by atoms with van der Waals surface area (Å²) in [5.41, 5.74) is 0.245. The van der Waals surface area contributed by atoms with Gasteiger partial charge in [-0.25, -0.2) is 0 Å². The predicted molar refractivity (Wildman–Crippen MR) is 91.7 cm³/mol. The Bertz CT molecular complexity index is 724. The summed E-state index contributed by atoms with van der Waals surface area (Å²) in [5, 5.41) is 11.3. The zero-order valence-electron chi connectivity index (χ0n) is 11.8. The van der Waals surface area contributed by atoms with E-state index in [4.69, 9.17) is 27.9 Å². The van der Waals surface area contributed by atoms with Gasteiger partial charge in [0.2, 0.25) is 5.13 Å². The van der Waals surface area contributed by atoms with Gasteiger partial charge in [0.25, 0.3) is 5.91 Å². The maximum absolute atomic E-state index is 12.2. The van der Waals surface area contributed by atoms with Crippen LogP contribution in [0.1, 0.15) is 17.3 Å². The molecule has 1 amide bonds. The van der Waals surface area contributed by atoms with Crippen LogP contribution in [0, 0.1) is 0 Å². The van der Waals surface area contributed by atoms with Crippen LogP contribution in [0.25, 0.3) is 0 Å². The normalized spacial score (nSPS) is 10.4. The van der Waals surface area contributed by atoms with Crippen molar-refractivity contribution in [3.63, 3.8) is 0 Å². The molecule has 0 saturated heterocycles. The number of rotatable bonds is 6. The van der Waals surface area contributed by atoms with Gasteiger partial charge >= 0.3 is 5.97 Å². The number of benzene rings is 1. The molecule has 0 aliphatic heterocycles. The summed E-state index contributed by atoms with van der Waals surface area (Å²) in [4.78, 5) is 23.4. The number of amides is 1. The second-order valence-electron chi connectivity index (χ2n) is 4.05. The average molecular weight is 392 g/mol. The second-order valence-corrected chi connectivity index (χ2v) is 7.09. The van der Waals surface area contributed by atoms with Gasteiger partial charge in [-0.05, 0) is 25.1 Å². The molecule has 0 spiro atoms. The molecule has 0 saturated carbocycles. The van der Waals surface area contributed by atoms with Crippen LogP contribution >= 0.6 is 46.3 Å². The van der Waals surface area contributed by atoms with Gasteiger partial charge in [-0.1, -0.05) is 46.3 Å². The number of hydrogen-bond acceptors (Lipinski definition) is 7. The fourth-order valence-corrected chi connectivity index (χ4v) is 3.40. The lowest BCUT2D eigenvalue weighted by Crippen LogP contribution is -2.12. The number of halogens is 2. The summed E-state index contributed by atoms with van der Waals surface area (Å²) in [5.74, 6) is -0.629. The number of aromatic nitrogens is 2. The Morgan fingerprint density at radius 2 is 2.13 bits per heavy atom. The van der Waals surface area contributed by atoms with Gasteiger partial charge in [0.05, 0.1) is 22.9 Å². The summed E-state index contributed by atoms with van der Waals surface area (Å²) in [6.45, 7) is 2.07. The summed E-state index contributed by atoms with van der Waals surface area (Å²) < 4.78 is 5.36. The van der Waals surface area contributed by atoms with E-state index in [0.717, 1.165) is 11.3 Å². The van der Waals surface area contributed by atoms with E-state index in [2.05, 4.69) is 15.5 Å². The monoisotopic (exact) mass is 391 g/mol. The van der Waals surface area contributed by atoms with Crippen LogP contribution in [0.2, 0.25) is 10.0 Å². The molecule has 6 nitrogen and oxygen atoms in total. The number of esters is 1. The molecule has 122 valence electrons. The van der Waals surface area contributed by atoms with Crippen molar-refractivity contribution in [2.24, 2.45) is 0 Å². The molecule has 0 unspecified atom stereocenters. The first kappa shape index (κ1) is 18.0. The average Bonchev–Trinajstić information content (AvgIpc) is 2.95. The van der Waals surface area contributed by atoms with E-state index in [1.807, 2.05) is 0 Å². The summed E-state index contributed by atoms with van der Waals surface area (Å²) in [7, 11) is 0. The maximum Gasteiger partial charge on any atom is 0.316 e. The SMILES string of the molecule is CCOC(=O)CSc1nnc(NC(=O)c2cc(Cl)ccc2Cl)s1. The van der Waals surface area contributed by atoms with Crippen LogP contribution in [0.15, 0.2) is 22.5 Å². The number of nitrogens with zero attached hydrogens (tertiary/aromatic N) is 2. The predicted octanol–water partition coefficient (Wildman–Crippen LogP) is 3.75. The molecule has 2 rings (SSSR count). The molecule has 0 aliphatic rings. The molecule has 1 N–H and O–H groups in total. The third-order valence-electron chi connectivity index (χ3n) is 2.42. The molecular formula is C13H11Cl2N3O3S2. The molecule has 0 bridgehead atoms. The van der Waals surface area contributed by atoms with E-state index in [9.17, 15) is 9.59 Å². The Balaban J connectivity index is 1.97. The molecule has 23 heavy (non-hydrogen) atoms. The largest absolute Gasteiger partial charge is 0.465 e. The van der Waals surface area contributed by atoms with Crippen LogP contribution in [0.5, 0.6) is 0 Å². The fourth-order valence-electron chi connectivity index (χ4n) is 1.48. The molecule has 2 aromatic rings. The third kappa shape index (κ3) is 5.35. The van der Waals surface area contributed by atoms with Gasteiger partial charge in [-0.3, -0.25) is 14.9 Å². The number of hydrogen-bond donors (Lipinski definition) is 1. The Kier molecular flexibility index (Phi) is 6.64. The Morgan fingerprint density at radius 3 is 2.87 bits per heavy atom. The van der Waals surface area contributed by atoms with Crippen molar-refractivity contribution >= 4 is 63.3 Å². The van der Waals surface area contributed by atoms with E-state index in [1.165, 1.54) is 17.8 Å². The minimum Gasteiger partial charge on any atom is -0.465 e. The van der Waals surface area contributed by atoms with Gasteiger partial charge in [0, 0.05) is 5.02 Å². The number of nitrogens with one attached hydrogen (secondary N) is 1. The topological polar surface area (TPSA) is 81.2 Å². The first-order chi connectivity index (χ1) is 11.0. The van der Waals surface area contributed by atoms with Crippen LogP contribution in [-0.4, -0.2) is 34.4 Å². The number of anilines is 1. The minimum atomic E-state index is -0.435. The molecular weight excluding hydrogens is 381 g/mol. The summed E-state index contributed by atoms with van der Waals surface area (Å²) in [6, 6.07) is 4.60. The lowest BCUT2D eigenvalue weighted by atomic mass is 10.2. The van der Waals surface area contributed by atoms with E-state index in [0.29, 0.717) is 21.1 Å². The number of carbonyl (C=O) groups is 2. The zero-order chi connectivity index (χ0) is 16.8. The van der Waals surface area contributed by atoms with Crippen LogP contribution in [0.3, 0.4) is 0 Å². The van der Waals surface area contributed by atoms with Crippen LogP contribution in [0.4, 0.5) is 5.13 Å². The molecule has 1 aromatic carbocycles. The van der Waals surface area contributed by atoms with E-state index in [1.54, 1.807) is 19.1 Å². The van der Waals surface area contributed by atoms with E-state index in [-0.39, 0.29) is 22.3 Å². The van der Waals surface area contributed by atoms with Crippen molar-refractivity contribution < 1.29 is 14.3 Å². The second kappa shape index (κ2) is 8.49. The quantitative estimate of drug-likeness (QED) is 0.458. The smallest absolute Gasteiger partial charge is 0.316 e. The first-order valence-corrected chi connectivity index (χ1v) is 8.93. The Hall–Kier alpha value is -1.35. The van der Waals surface area contributed by atoms with Crippen molar-refractivity contribution in [1.29, 1.82) is 0 Å². The first-order valence-electron chi connectivity index (χ1n) is 6.38. The fraction of sp³-hybridized carbons (Fsp3) is 0.231. The van der Waals surface area contributed by atoms with Crippen molar-refractivity contribution in [3.05, 3.63) is 33.8 Å². The molecule has 1 aromatic heterocycles.